The summed E-state index contributed by atoms with van der Waals surface area (Å²) in [6.07, 6.45) is 5.13. The fourth-order valence-corrected chi connectivity index (χ4v) is 4.23. The Bertz CT molecular complexity index is 535. The lowest BCUT2D eigenvalue weighted by atomic mass is 10.1. The second-order valence-electron chi connectivity index (χ2n) is 5.40. The molecule has 2 heterocycles. The number of aromatic nitrogens is 1. The molecule has 0 amide bonds. The van der Waals surface area contributed by atoms with Crippen molar-refractivity contribution in [2.75, 3.05) is 26.7 Å². The molecule has 6 nitrogen and oxygen atoms in total. The molecule has 0 saturated carbocycles. The van der Waals surface area contributed by atoms with Gasteiger partial charge in [-0.15, -0.1) is 0 Å². The van der Waals surface area contributed by atoms with Gasteiger partial charge in [-0.05, 0) is 25.0 Å². The zero-order valence-electron chi connectivity index (χ0n) is 12.5. The first kappa shape index (κ1) is 16.4. The Morgan fingerprint density at radius 1 is 1.43 bits per heavy atom. The monoisotopic (exact) mass is 312 g/mol. The highest BCUT2D eigenvalue weighted by Gasteiger charge is 2.34. The number of likely N-dealkylation sites (N-methyl/N-ethyl adjacent to an activating group) is 1. The molecule has 0 aliphatic carbocycles. The van der Waals surface area contributed by atoms with Gasteiger partial charge in [-0.3, -0.25) is 4.98 Å². The maximum atomic E-state index is 12.7. The third kappa shape index (κ3) is 4.00. The molecular weight excluding hydrogens is 288 g/mol. The maximum absolute atomic E-state index is 12.7. The lowest BCUT2D eigenvalue weighted by molar-refractivity contribution is 0.241. The van der Waals surface area contributed by atoms with E-state index < -0.39 is 10.2 Å². The number of nitrogens with two attached hydrogens (primary N) is 1. The number of pyridine rings is 1. The zero-order valence-corrected chi connectivity index (χ0v) is 13.3. The van der Waals surface area contributed by atoms with Crippen LogP contribution in [0.1, 0.15) is 25.0 Å². The van der Waals surface area contributed by atoms with Crippen molar-refractivity contribution in [3.05, 3.63) is 30.1 Å². The molecule has 7 heteroatoms. The molecule has 0 aromatic carbocycles. The summed E-state index contributed by atoms with van der Waals surface area (Å²) in [6.45, 7) is 1.37. The minimum atomic E-state index is -3.43. The molecule has 1 aliphatic heterocycles. The number of piperidine rings is 1. The van der Waals surface area contributed by atoms with Gasteiger partial charge >= 0.3 is 0 Å². The molecule has 2 rings (SSSR count). The van der Waals surface area contributed by atoms with Crippen molar-refractivity contribution in [3.8, 4) is 0 Å². The highest BCUT2D eigenvalue weighted by Crippen LogP contribution is 2.21. The zero-order chi connectivity index (χ0) is 15.3. The Morgan fingerprint density at radius 3 is 2.90 bits per heavy atom. The highest BCUT2D eigenvalue weighted by atomic mass is 32.2. The maximum Gasteiger partial charge on any atom is 0.282 e. The van der Waals surface area contributed by atoms with Crippen LogP contribution < -0.4 is 5.73 Å². The summed E-state index contributed by atoms with van der Waals surface area (Å²) in [5.41, 5.74) is 6.62. The van der Waals surface area contributed by atoms with Crippen LogP contribution in [-0.2, 0) is 16.6 Å². The van der Waals surface area contributed by atoms with Gasteiger partial charge in [0.05, 0.1) is 0 Å². The SMILES string of the molecule is CN(CCc1ccccn1)S(=O)(=O)N1CCCCC1CN. The summed E-state index contributed by atoms with van der Waals surface area (Å²) < 4.78 is 28.3. The van der Waals surface area contributed by atoms with Gasteiger partial charge in [-0.1, -0.05) is 12.5 Å². The van der Waals surface area contributed by atoms with E-state index in [0.29, 0.717) is 26.1 Å². The van der Waals surface area contributed by atoms with Gasteiger partial charge in [0.25, 0.3) is 10.2 Å². The van der Waals surface area contributed by atoms with Crippen molar-refractivity contribution >= 4 is 10.2 Å². The Kier molecular flexibility index (Phi) is 5.69. The summed E-state index contributed by atoms with van der Waals surface area (Å²) in [5, 5.41) is 0. The Hall–Kier alpha value is -1.02. The van der Waals surface area contributed by atoms with Gasteiger partial charge in [0.15, 0.2) is 0 Å². The van der Waals surface area contributed by atoms with Crippen LogP contribution in [0, 0.1) is 0 Å². The van der Waals surface area contributed by atoms with Crippen molar-refractivity contribution in [2.45, 2.75) is 31.7 Å². The minimum Gasteiger partial charge on any atom is -0.329 e. The smallest absolute Gasteiger partial charge is 0.282 e. The van der Waals surface area contributed by atoms with Gasteiger partial charge in [-0.25, -0.2) is 0 Å². The van der Waals surface area contributed by atoms with E-state index in [1.54, 1.807) is 17.5 Å². The lowest BCUT2D eigenvalue weighted by Gasteiger charge is -2.36. The fourth-order valence-electron chi connectivity index (χ4n) is 2.63. The van der Waals surface area contributed by atoms with Crippen LogP contribution in [-0.4, -0.2) is 54.7 Å². The normalized spacial score (nSPS) is 20.8. The first-order chi connectivity index (χ1) is 10.1. The third-order valence-electron chi connectivity index (χ3n) is 3.94. The first-order valence-corrected chi connectivity index (χ1v) is 8.78. The molecule has 21 heavy (non-hydrogen) atoms. The predicted octanol–water partition coefficient (Wildman–Crippen LogP) is 0.614. The topological polar surface area (TPSA) is 79.5 Å². The summed E-state index contributed by atoms with van der Waals surface area (Å²) in [6, 6.07) is 5.60. The molecule has 1 unspecified atom stereocenters. The molecule has 1 aromatic rings. The second-order valence-corrected chi connectivity index (χ2v) is 7.38. The molecule has 0 spiro atoms. The van der Waals surface area contributed by atoms with E-state index >= 15 is 0 Å². The van der Waals surface area contributed by atoms with Gasteiger partial charge < -0.3 is 5.73 Å². The van der Waals surface area contributed by atoms with Gasteiger partial charge in [0, 0.05) is 51.0 Å². The van der Waals surface area contributed by atoms with Crippen LogP contribution in [0.5, 0.6) is 0 Å². The van der Waals surface area contributed by atoms with Crippen molar-refractivity contribution in [1.82, 2.24) is 13.6 Å². The average molecular weight is 312 g/mol. The largest absolute Gasteiger partial charge is 0.329 e. The van der Waals surface area contributed by atoms with Crippen LogP contribution in [0.15, 0.2) is 24.4 Å². The predicted molar refractivity (Wildman–Crippen MR) is 82.9 cm³/mol. The van der Waals surface area contributed by atoms with E-state index in [1.165, 1.54) is 4.31 Å². The molecule has 1 aliphatic rings. The van der Waals surface area contributed by atoms with Gasteiger partial charge in [0.1, 0.15) is 0 Å². The van der Waals surface area contributed by atoms with Crippen LogP contribution in [0.3, 0.4) is 0 Å². The second kappa shape index (κ2) is 7.31. The molecule has 1 aromatic heterocycles. The highest BCUT2D eigenvalue weighted by molar-refractivity contribution is 7.86. The van der Waals surface area contributed by atoms with E-state index in [-0.39, 0.29) is 6.04 Å². The number of rotatable bonds is 6. The minimum absolute atomic E-state index is 0.0685. The Balaban J connectivity index is 2.00. The summed E-state index contributed by atoms with van der Waals surface area (Å²) in [4.78, 5) is 4.22. The standard InChI is InChI=1S/C14H24N4O2S/c1-17(11-8-13-6-2-4-9-16-13)21(19,20)18-10-5-3-7-14(18)12-15/h2,4,6,9,14H,3,5,7-8,10-12,15H2,1H3. The molecule has 0 bridgehead atoms. The van der Waals surface area contributed by atoms with Crippen LogP contribution in [0.4, 0.5) is 0 Å². The molecule has 118 valence electrons. The number of nitrogens with zero attached hydrogens (tertiary/aromatic N) is 3. The molecule has 1 atom stereocenters. The van der Waals surface area contributed by atoms with E-state index in [1.807, 2.05) is 18.2 Å². The Morgan fingerprint density at radius 2 is 2.24 bits per heavy atom. The third-order valence-corrected chi connectivity index (χ3v) is 5.99. The van der Waals surface area contributed by atoms with E-state index in [4.69, 9.17) is 5.73 Å². The average Bonchev–Trinajstić information content (AvgIpc) is 2.53. The van der Waals surface area contributed by atoms with E-state index in [2.05, 4.69) is 4.98 Å². The first-order valence-electron chi connectivity index (χ1n) is 7.39. The Labute approximate surface area is 127 Å². The van der Waals surface area contributed by atoms with Gasteiger partial charge in [0.2, 0.25) is 0 Å². The molecule has 1 fully saturated rings. The van der Waals surface area contributed by atoms with Crippen LogP contribution in [0.25, 0.3) is 0 Å². The van der Waals surface area contributed by atoms with Crippen molar-refractivity contribution in [3.63, 3.8) is 0 Å². The van der Waals surface area contributed by atoms with Gasteiger partial charge in [-0.2, -0.15) is 17.0 Å². The number of hydrogen-bond donors (Lipinski definition) is 1. The lowest BCUT2D eigenvalue weighted by Crippen LogP contribution is -2.52. The van der Waals surface area contributed by atoms with Crippen LogP contribution in [0.2, 0.25) is 0 Å². The summed E-state index contributed by atoms with van der Waals surface area (Å²) in [5.74, 6) is 0. The van der Waals surface area contributed by atoms with E-state index in [9.17, 15) is 8.42 Å². The fraction of sp³-hybridized carbons (Fsp3) is 0.643. The summed E-state index contributed by atoms with van der Waals surface area (Å²) in [7, 11) is -1.81. The molecule has 2 N–H and O–H groups in total. The van der Waals surface area contributed by atoms with Crippen molar-refractivity contribution < 1.29 is 8.42 Å². The number of hydrogen-bond acceptors (Lipinski definition) is 4. The van der Waals surface area contributed by atoms with Crippen molar-refractivity contribution in [1.29, 1.82) is 0 Å². The van der Waals surface area contributed by atoms with E-state index in [0.717, 1.165) is 25.0 Å². The molecular formula is C14H24N4O2S. The molecule has 0 radical (unpaired) electrons. The summed E-state index contributed by atoms with van der Waals surface area (Å²) >= 11 is 0. The van der Waals surface area contributed by atoms with Crippen molar-refractivity contribution in [2.24, 2.45) is 5.73 Å². The van der Waals surface area contributed by atoms with Crippen LogP contribution >= 0.6 is 0 Å². The quantitative estimate of drug-likeness (QED) is 0.835. The molecule has 1 saturated heterocycles.